The van der Waals surface area contributed by atoms with E-state index >= 15 is 0 Å². The Hall–Kier alpha value is -3.29. The minimum atomic E-state index is -4.64. The Morgan fingerprint density at radius 3 is 2.89 bits per heavy atom. The molecule has 11 heteroatoms. The molecule has 1 aliphatic heterocycles. The summed E-state index contributed by atoms with van der Waals surface area (Å²) in [6.07, 6.45) is -2.48. The molecule has 1 amide bonds. The Morgan fingerprint density at radius 2 is 2.11 bits per heavy atom. The Morgan fingerprint density at radius 1 is 1.26 bits per heavy atom. The number of aromatic nitrogens is 2. The third kappa shape index (κ3) is 4.48. The molecule has 1 aliphatic carbocycles. The first-order valence-corrected chi connectivity index (χ1v) is 13.5. The summed E-state index contributed by atoms with van der Waals surface area (Å²) in [5, 5.41) is 12.9. The smallest absolute Gasteiger partial charge is 0.441 e. The lowest BCUT2D eigenvalue weighted by Crippen LogP contribution is -2.40. The van der Waals surface area contributed by atoms with Gasteiger partial charge in [0.25, 0.3) is 0 Å². The number of amides is 1. The van der Waals surface area contributed by atoms with E-state index in [0.717, 1.165) is 22.1 Å². The number of thiophene rings is 1. The Labute approximate surface area is 225 Å². The van der Waals surface area contributed by atoms with Crippen LogP contribution in [0, 0.1) is 17.2 Å². The molecule has 1 saturated carbocycles. The zero-order chi connectivity index (χ0) is 26.7. The van der Waals surface area contributed by atoms with Crippen LogP contribution in [0.15, 0.2) is 41.8 Å². The van der Waals surface area contributed by atoms with Crippen LogP contribution >= 0.6 is 22.9 Å². The highest BCUT2D eigenvalue weighted by Crippen LogP contribution is 2.42. The predicted octanol–water partition coefficient (Wildman–Crippen LogP) is 7.38. The van der Waals surface area contributed by atoms with Gasteiger partial charge in [0.15, 0.2) is 0 Å². The third-order valence-corrected chi connectivity index (χ3v) is 8.74. The largest absolute Gasteiger partial charge is 0.449 e. The van der Waals surface area contributed by atoms with Crippen molar-refractivity contribution in [2.24, 2.45) is 5.92 Å². The van der Waals surface area contributed by atoms with Crippen molar-refractivity contribution in [3.05, 3.63) is 63.8 Å². The average molecular weight is 559 g/mol. The van der Waals surface area contributed by atoms with E-state index in [4.69, 9.17) is 16.3 Å². The van der Waals surface area contributed by atoms with E-state index in [1.807, 2.05) is 29.6 Å². The second kappa shape index (κ2) is 9.17. The van der Waals surface area contributed by atoms with E-state index in [0.29, 0.717) is 37.4 Å². The molecule has 2 aromatic carbocycles. The van der Waals surface area contributed by atoms with E-state index in [1.165, 1.54) is 22.8 Å². The lowest BCUT2D eigenvalue weighted by molar-refractivity contribution is -0.147. The van der Waals surface area contributed by atoms with Crippen molar-refractivity contribution >= 4 is 50.2 Å². The molecule has 3 heterocycles. The number of hydrogen-bond donors (Lipinski definition) is 0. The number of nitrogens with zero attached hydrogens (tertiary/aromatic N) is 4. The van der Waals surface area contributed by atoms with Crippen molar-refractivity contribution < 1.29 is 22.7 Å². The highest BCUT2D eigenvalue weighted by molar-refractivity contribution is 7.17. The zero-order valence-electron chi connectivity index (χ0n) is 20.1. The van der Waals surface area contributed by atoms with Crippen LogP contribution in [-0.2, 0) is 24.0 Å². The van der Waals surface area contributed by atoms with Crippen molar-refractivity contribution in [2.75, 3.05) is 6.54 Å². The molecule has 6 nitrogen and oxygen atoms in total. The number of nitriles is 1. The molecule has 2 aliphatic rings. The molecule has 4 aromatic rings. The van der Waals surface area contributed by atoms with Gasteiger partial charge >= 0.3 is 12.3 Å². The summed E-state index contributed by atoms with van der Waals surface area (Å²) >= 11 is 7.77. The van der Waals surface area contributed by atoms with E-state index in [2.05, 4.69) is 4.98 Å². The normalized spacial score (nSPS) is 21.9. The van der Waals surface area contributed by atoms with Gasteiger partial charge in [0, 0.05) is 16.3 Å². The molecule has 0 N–H and O–H groups in total. The van der Waals surface area contributed by atoms with Crippen LogP contribution in [0.25, 0.3) is 21.1 Å². The number of carbonyl (C=O) groups excluding carboxylic acids is 1. The summed E-state index contributed by atoms with van der Waals surface area (Å²) in [5.74, 6) is -1.13. The number of halogens is 4. The van der Waals surface area contributed by atoms with Gasteiger partial charge in [0.1, 0.15) is 5.60 Å². The highest BCUT2D eigenvalue weighted by Gasteiger charge is 2.48. The van der Waals surface area contributed by atoms with Gasteiger partial charge in [-0.3, -0.25) is 4.90 Å². The summed E-state index contributed by atoms with van der Waals surface area (Å²) < 4.78 is 49.9. The van der Waals surface area contributed by atoms with Gasteiger partial charge in [-0.25, -0.2) is 9.78 Å². The SMILES string of the molecule is N#Cc1ccc2nc(C(F)(F)F)n(CC3CCCC4(C3)CN(Cc3csc5ccc(Cl)cc35)C(=O)O4)c2c1. The van der Waals surface area contributed by atoms with E-state index < -0.39 is 23.7 Å². The molecule has 1 saturated heterocycles. The predicted molar refractivity (Wildman–Crippen MR) is 138 cm³/mol. The summed E-state index contributed by atoms with van der Waals surface area (Å²) in [4.78, 5) is 18.4. The molecule has 0 bridgehead atoms. The Kier molecular flexibility index (Phi) is 6.04. The number of ether oxygens (including phenoxy) is 1. The van der Waals surface area contributed by atoms with Gasteiger partial charge in [-0.2, -0.15) is 18.4 Å². The summed E-state index contributed by atoms with van der Waals surface area (Å²) in [7, 11) is 0. The number of fused-ring (bicyclic) bond motifs is 2. The summed E-state index contributed by atoms with van der Waals surface area (Å²) in [6, 6.07) is 12.0. The number of alkyl halides is 3. The van der Waals surface area contributed by atoms with Crippen molar-refractivity contribution in [2.45, 2.75) is 50.6 Å². The molecule has 2 fully saturated rings. The summed E-state index contributed by atoms with van der Waals surface area (Å²) in [6.45, 7) is 0.843. The minimum Gasteiger partial charge on any atom is -0.441 e. The molecule has 2 atom stereocenters. The van der Waals surface area contributed by atoms with Crippen LogP contribution in [0.4, 0.5) is 18.0 Å². The maximum absolute atomic E-state index is 13.9. The van der Waals surface area contributed by atoms with E-state index in [9.17, 15) is 23.2 Å². The molecule has 0 radical (unpaired) electrons. The lowest BCUT2D eigenvalue weighted by Gasteiger charge is -2.36. The molecular formula is C27H22ClF3N4O2S. The second-order valence-corrected chi connectivity index (χ2v) is 11.5. The molecule has 1 spiro atoms. The Bertz CT molecular complexity index is 1610. The number of rotatable bonds is 4. The van der Waals surface area contributed by atoms with Crippen molar-refractivity contribution in [1.82, 2.24) is 14.5 Å². The maximum Gasteiger partial charge on any atom is 0.449 e. The number of carbonyl (C=O) groups is 1. The van der Waals surface area contributed by atoms with Crippen LogP contribution in [0.2, 0.25) is 5.02 Å². The van der Waals surface area contributed by atoms with Gasteiger partial charge in [-0.05, 0) is 84.3 Å². The zero-order valence-corrected chi connectivity index (χ0v) is 21.7. The monoisotopic (exact) mass is 558 g/mol. The Balaban J connectivity index is 1.24. The molecule has 196 valence electrons. The van der Waals surface area contributed by atoms with Crippen LogP contribution in [-0.4, -0.2) is 32.7 Å². The van der Waals surface area contributed by atoms with Gasteiger partial charge in [0.05, 0.1) is 35.8 Å². The van der Waals surface area contributed by atoms with Crippen LogP contribution in [0.3, 0.4) is 0 Å². The molecule has 38 heavy (non-hydrogen) atoms. The van der Waals surface area contributed by atoms with Crippen molar-refractivity contribution in [3.8, 4) is 6.07 Å². The maximum atomic E-state index is 13.9. The quantitative estimate of drug-likeness (QED) is 0.262. The number of imidazole rings is 1. The van der Waals surface area contributed by atoms with Gasteiger partial charge in [-0.15, -0.1) is 11.3 Å². The highest BCUT2D eigenvalue weighted by atomic mass is 35.5. The lowest BCUT2D eigenvalue weighted by atomic mass is 9.78. The fourth-order valence-electron chi connectivity index (χ4n) is 5.88. The van der Waals surface area contributed by atoms with Crippen LogP contribution < -0.4 is 0 Å². The van der Waals surface area contributed by atoms with E-state index in [1.54, 1.807) is 16.2 Å². The number of hydrogen-bond acceptors (Lipinski definition) is 5. The first kappa shape index (κ1) is 25.0. The second-order valence-electron chi connectivity index (χ2n) is 10.1. The fourth-order valence-corrected chi connectivity index (χ4v) is 6.99. The van der Waals surface area contributed by atoms with Gasteiger partial charge in [-0.1, -0.05) is 11.6 Å². The van der Waals surface area contributed by atoms with E-state index in [-0.39, 0.29) is 29.1 Å². The molecule has 2 aromatic heterocycles. The topological polar surface area (TPSA) is 71.2 Å². The van der Waals surface area contributed by atoms with Crippen LogP contribution in [0.1, 0.15) is 42.6 Å². The van der Waals surface area contributed by atoms with Crippen LogP contribution in [0.5, 0.6) is 0 Å². The molecule has 6 rings (SSSR count). The molecular weight excluding hydrogens is 537 g/mol. The molecule has 2 unspecified atom stereocenters. The third-order valence-electron chi connectivity index (χ3n) is 7.50. The number of benzene rings is 2. The summed E-state index contributed by atoms with van der Waals surface area (Å²) in [5.41, 5.74) is 1.00. The first-order valence-electron chi connectivity index (χ1n) is 12.3. The minimum absolute atomic E-state index is 0.0766. The van der Waals surface area contributed by atoms with Gasteiger partial charge in [0.2, 0.25) is 5.82 Å². The van der Waals surface area contributed by atoms with Crippen molar-refractivity contribution in [3.63, 3.8) is 0 Å². The average Bonchev–Trinajstić information content (AvgIpc) is 3.53. The standard InChI is InChI=1S/C27H22ClF3N4O2S/c28-19-4-6-23-20(9-19)18(14-38-23)13-34-15-26(37-25(34)36)7-1-2-17(10-26)12-35-22-8-16(11-32)3-5-21(22)33-24(35)27(29,30)31/h3-6,8-9,14,17H,1-2,7,10,12-13,15H2. The van der Waals surface area contributed by atoms with Gasteiger partial charge < -0.3 is 9.30 Å². The van der Waals surface area contributed by atoms with Crippen molar-refractivity contribution in [1.29, 1.82) is 5.26 Å². The first-order chi connectivity index (χ1) is 18.1. The fraction of sp³-hybridized carbons (Fsp3) is 0.370.